The van der Waals surface area contributed by atoms with E-state index in [-0.39, 0.29) is 16.2 Å². The molecular formula is C28H25ClN6. The van der Waals surface area contributed by atoms with Crippen LogP contribution in [0.25, 0.3) is 27.8 Å². The number of aromatic nitrogens is 5. The van der Waals surface area contributed by atoms with Gasteiger partial charge in [0, 0.05) is 34.1 Å². The molecule has 3 aromatic heterocycles. The van der Waals surface area contributed by atoms with Crippen molar-refractivity contribution in [1.29, 1.82) is 0 Å². The molecule has 2 unspecified atom stereocenters. The van der Waals surface area contributed by atoms with E-state index in [0.717, 1.165) is 40.3 Å². The van der Waals surface area contributed by atoms with Gasteiger partial charge in [0.2, 0.25) is 17.2 Å². The Kier molecular flexibility index (Phi) is 4.31. The van der Waals surface area contributed by atoms with Gasteiger partial charge >= 0.3 is 0 Å². The van der Waals surface area contributed by atoms with E-state index in [4.69, 9.17) is 16.6 Å². The highest BCUT2D eigenvalue weighted by atomic mass is 35.5. The van der Waals surface area contributed by atoms with Gasteiger partial charge in [-0.3, -0.25) is 9.55 Å². The quantitative estimate of drug-likeness (QED) is 0.279. The summed E-state index contributed by atoms with van der Waals surface area (Å²) in [5.74, 6) is 1.11. The van der Waals surface area contributed by atoms with E-state index < -0.39 is 0 Å². The third-order valence-electron chi connectivity index (χ3n) is 8.47. The van der Waals surface area contributed by atoms with Crippen LogP contribution in [0.2, 0.25) is 5.28 Å². The highest BCUT2D eigenvalue weighted by Gasteiger charge is 2.58. The lowest BCUT2D eigenvalue weighted by atomic mass is 9.62. The molecule has 0 N–H and O–H groups in total. The Morgan fingerprint density at radius 2 is 1.46 bits per heavy atom. The van der Waals surface area contributed by atoms with Crippen LogP contribution in [-0.4, -0.2) is 30.0 Å². The Morgan fingerprint density at radius 3 is 2.20 bits per heavy atom. The van der Waals surface area contributed by atoms with Crippen molar-refractivity contribution in [2.75, 3.05) is 4.90 Å². The van der Waals surface area contributed by atoms with E-state index in [1.165, 1.54) is 18.4 Å². The SMILES string of the molecule is CC12CCCCC1(C)N(c1nc(Cl)nc(-n3c4ccccc4c4ccccc43)n1)c1ccncc12. The molecule has 1 saturated carbocycles. The number of hydrogen-bond acceptors (Lipinski definition) is 5. The van der Waals surface area contributed by atoms with Gasteiger partial charge in [0.05, 0.1) is 22.3 Å². The maximum absolute atomic E-state index is 6.62. The molecule has 0 spiro atoms. The van der Waals surface area contributed by atoms with Gasteiger partial charge < -0.3 is 4.90 Å². The average molecular weight is 481 g/mol. The summed E-state index contributed by atoms with van der Waals surface area (Å²) in [6, 6.07) is 18.8. The summed E-state index contributed by atoms with van der Waals surface area (Å²) in [6.07, 6.45) is 8.41. The van der Waals surface area contributed by atoms with Gasteiger partial charge in [-0.15, -0.1) is 0 Å². The number of para-hydroxylation sites is 2. The van der Waals surface area contributed by atoms with Gasteiger partial charge in [-0.25, -0.2) is 0 Å². The minimum Gasteiger partial charge on any atom is -0.303 e. The van der Waals surface area contributed by atoms with Crippen LogP contribution in [0.3, 0.4) is 0 Å². The van der Waals surface area contributed by atoms with Crippen molar-refractivity contribution in [3.05, 3.63) is 77.8 Å². The van der Waals surface area contributed by atoms with Crippen molar-refractivity contribution in [3.8, 4) is 5.95 Å². The van der Waals surface area contributed by atoms with Crippen LogP contribution in [-0.2, 0) is 5.41 Å². The highest BCUT2D eigenvalue weighted by Crippen LogP contribution is 2.59. The summed E-state index contributed by atoms with van der Waals surface area (Å²) < 4.78 is 2.09. The van der Waals surface area contributed by atoms with Crippen molar-refractivity contribution in [3.63, 3.8) is 0 Å². The predicted octanol–water partition coefficient (Wildman–Crippen LogP) is 6.76. The van der Waals surface area contributed by atoms with Crippen LogP contribution in [0.1, 0.15) is 45.1 Å². The van der Waals surface area contributed by atoms with Gasteiger partial charge in [0.25, 0.3) is 0 Å². The zero-order valence-corrected chi connectivity index (χ0v) is 20.5. The zero-order chi connectivity index (χ0) is 23.8. The van der Waals surface area contributed by atoms with Gasteiger partial charge in [-0.1, -0.05) is 56.2 Å². The fourth-order valence-corrected chi connectivity index (χ4v) is 6.70. The van der Waals surface area contributed by atoms with Gasteiger partial charge in [-0.05, 0) is 49.6 Å². The summed E-state index contributed by atoms with van der Waals surface area (Å²) in [5.41, 5.74) is 4.24. The third-order valence-corrected chi connectivity index (χ3v) is 8.64. The van der Waals surface area contributed by atoms with Crippen molar-refractivity contribution in [1.82, 2.24) is 24.5 Å². The molecule has 35 heavy (non-hydrogen) atoms. The first kappa shape index (κ1) is 20.8. The standard InChI is InChI=1S/C28H25ClN6/c1-27-14-7-8-15-28(27,2)35(23-13-16-30-17-20(23)27)26-32-24(29)31-25(33-26)34-21-11-5-3-9-18(21)19-10-4-6-12-22(19)34/h3-6,9-13,16-17H,7-8,14-15H2,1-2H3. The van der Waals surface area contributed by atoms with E-state index in [1.54, 1.807) is 0 Å². The first-order valence-corrected chi connectivity index (χ1v) is 12.5. The highest BCUT2D eigenvalue weighted by molar-refractivity contribution is 6.28. The van der Waals surface area contributed by atoms with Crippen LogP contribution in [0, 0.1) is 0 Å². The molecule has 7 heteroatoms. The molecule has 5 aromatic rings. The average Bonchev–Trinajstić information content (AvgIpc) is 3.31. The van der Waals surface area contributed by atoms with E-state index in [2.05, 4.69) is 80.7 Å². The Balaban J connectivity index is 1.49. The van der Waals surface area contributed by atoms with Crippen LogP contribution < -0.4 is 4.90 Å². The van der Waals surface area contributed by atoms with E-state index >= 15 is 0 Å². The lowest BCUT2D eigenvalue weighted by Crippen LogP contribution is -2.55. The summed E-state index contributed by atoms with van der Waals surface area (Å²) in [7, 11) is 0. The number of hydrogen-bond donors (Lipinski definition) is 0. The monoisotopic (exact) mass is 480 g/mol. The number of rotatable bonds is 2. The lowest BCUT2D eigenvalue weighted by Gasteiger charge is -2.49. The molecule has 1 aliphatic heterocycles. The van der Waals surface area contributed by atoms with E-state index in [1.807, 2.05) is 24.5 Å². The molecule has 0 saturated heterocycles. The number of fused-ring (bicyclic) bond motifs is 6. The molecule has 6 nitrogen and oxygen atoms in total. The van der Waals surface area contributed by atoms with E-state index in [0.29, 0.717) is 11.9 Å². The Morgan fingerprint density at radius 1 is 0.800 bits per heavy atom. The second-order valence-corrected chi connectivity index (χ2v) is 10.5. The number of benzene rings is 2. The molecule has 4 heterocycles. The topological polar surface area (TPSA) is 59.7 Å². The van der Waals surface area contributed by atoms with Crippen LogP contribution in [0.5, 0.6) is 0 Å². The summed E-state index contributed by atoms with van der Waals surface area (Å²) in [5, 5.41) is 2.51. The molecule has 0 bridgehead atoms. The summed E-state index contributed by atoms with van der Waals surface area (Å²) in [6.45, 7) is 4.70. The molecular weight excluding hydrogens is 456 g/mol. The Bertz CT molecular complexity index is 1570. The molecule has 1 fully saturated rings. The minimum absolute atomic E-state index is 0.0407. The van der Waals surface area contributed by atoms with E-state index in [9.17, 15) is 0 Å². The van der Waals surface area contributed by atoms with Crippen LogP contribution in [0.4, 0.5) is 11.6 Å². The van der Waals surface area contributed by atoms with Gasteiger partial charge in [0.1, 0.15) is 0 Å². The van der Waals surface area contributed by atoms with Gasteiger partial charge in [-0.2, -0.15) is 15.0 Å². The largest absolute Gasteiger partial charge is 0.303 e. The van der Waals surface area contributed by atoms with Crippen molar-refractivity contribution in [2.24, 2.45) is 0 Å². The smallest absolute Gasteiger partial charge is 0.240 e. The van der Waals surface area contributed by atoms with Crippen molar-refractivity contribution < 1.29 is 0 Å². The fraction of sp³-hybridized carbons (Fsp3) is 0.286. The maximum atomic E-state index is 6.62. The first-order chi connectivity index (χ1) is 17.0. The maximum Gasteiger partial charge on any atom is 0.240 e. The van der Waals surface area contributed by atoms with Crippen molar-refractivity contribution in [2.45, 2.75) is 50.5 Å². The van der Waals surface area contributed by atoms with Gasteiger partial charge in [0.15, 0.2) is 0 Å². The predicted molar refractivity (Wildman–Crippen MR) is 140 cm³/mol. The molecule has 0 amide bonds. The minimum atomic E-state index is -0.181. The normalized spacial score (nSPS) is 23.6. The zero-order valence-electron chi connectivity index (χ0n) is 19.7. The molecule has 7 rings (SSSR count). The molecule has 2 atom stereocenters. The fourth-order valence-electron chi connectivity index (χ4n) is 6.55. The first-order valence-electron chi connectivity index (χ1n) is 12.2. The van der Waals surface area contributed by atoms with Crippen LogP contribution >= 0.6 is 11.6 Å². The molecule has 0 radical (unpaired) electrons. The second kappa shape index (κ2) is 7.25. The number of pyridine rings is 1. The molecule has 2 aliphatic rings. The Hall–Kier alpha value is -3.51. The third kappa shape index (κ3) is 2.71. The van der Waals surface area contributed by atoms with Crippen molar-refractivity contribution >= 4 is 45.0 Å². The van der Waals surface area contributed by atoms with Crippen LogP contribution in [0.15, 0.2) is 67.0 Å². The molecule has 1 aliphatic carbocycles. The lowest BCUT2D eigenvalue weighted by molar-refractivity contribution is 0.193. The number of anilines is 2. The second-order valence-electron chi connectivity index (χ2n) is 10.1. The number of nitrogens with zero attached hydrogens (tertiary/aromatic N) is 6. The molecule has 174 valence electrons. The molecule has 2 aromatic carbocycles. The Labute approximate surface area is 208 Å². The summed E-state index contributed by atoms with van der Waals surface area (Å²) in [4.78, 5) is 21.2. The summed E-state index contributed by atoms with van der Waals surface area (Å²) >= 11 is 6.62. The number of halogens is 1.